The third kappa shape index (κ3) is 4.63. The zero-order valence-corrected chi connectivity index (χ0v) is 14.8. The van der Waals surface area contributed by atoms with Crippen molar-refractivity contribution < 1.29 is 14.3 Å². The topological polar surface area (TPSA) is 53.1 Å². The summed E-state index contributed by atoms with van der Waals surface area (Å²) in [5, 5.41) is 0. The Hall–Kier alpha value is -2.24. The van der Waals surface area contributed by atoms with E-state index in [9.17, 15) is 9.59 Å². The highest BCUT2D eigenvalue weighted by Crippen LogP contribution is 2.15. The molecule has 0 bridgehead atoms. The Morgan fingerprint density at radius 3 is 2.17 bits per heavy atom. The first kappa shape index (κ1) is 18.1. The number of benzene rings is 1. The van der Waals surface area contributed by atoms with Crippen molar-refractivity contribution in [2.75, 3.05) is 51.8 Å². The molecule has 2 amide bonds. The van der Waals surface area contributed by atoms with Gasteiger partial charge in [-0.15, -0.1) is 0 Å². The maximum absolute atomic E-state index is 12.5. The molecule has 1 heterocycles. The third-order valence-electron chi connectivity index (χ3n) is 4.18. The summed E-state index contributed by atoms with van der Waals surface area (Å²) in [6.45, 7) is 4.64. The van der Waals surface area contributed by atoms with Gasteiger partial charge in [0.05, 0.1) is 6.61 Å². The van der Waals surface area contributed by atoms with Crippen molar-refractivity contribution in [3.05, 3.63) is 29.8 Å². The van der Waals surface area contributed by atoms with Crippen LogP contribution >= 0.6 is 0 Å². The van der Waals surface area contributed by atoms with Gasteiger partial charge in [0.1, 0.15) is 0 Å². The van der Waals surface area contributed by atoms with Crippen molar-refractivity contribution in [2.24, 2.45) is 0 Å². The summed E-state index contributed by atoms with van der Waals surface area (Å²) in [6.07, 6.45) is 1.61. The summed E-state index contributed by atoms with van der Waals surface area (Å²) in [6, 6.07) is 7.58. The average Bonchev–Trinajstić information content (AvgIpc) is 2.61. The first-order valence-electron chi connectivity index (χ1n) is 8.51. The minimum atomic E-state index is -0.272. The highest BCUT2D eigenvalue weighted by Gasteiger charge is 2.25. The fraction of sp³-hybridized carbons (Fsp3) is 0.556. The highest BCUT2D eigenvalue weighted by atomic mass is 16.6. The smallest absolute Gasteiger partial charge is 0.409 e. The maximum Gasteiger partial charge on any atom is 0.409 e. The Morgan fingerprint density at radius 1 is 1.04 bits per heavy atom. The Balaban J connectivity index is 1.85. The van der Waals surface area contributed by atoms with Crippen LogP contribution in [-0.4, -0.2) is 68.7 Å². The number of piperazine rings is 1. The van der Waals surface area contributed by atoms with Crippen molar-refractivity contribution >= 4 is 17.7 Å². The van der Waals surface area contributed by atoms with E-state index < -0.39 is 0 Å². The van der Waals surface area contributed by atoms with Crippen LogP contribution < -0.4 is 4.90 Å². The molecule has 0 aromatic heterocycles. The molecule has 6 heteroatoms. The van der Waals surface area contributed by atoms with Crippen LogP contribution in [0, 0.1) is 0 Å². The van der Waals surface area contributed by atoms with E-state index in [1.165, 1.54) is 0 Å². The number of nitrogens with zero attached hydrogens (tertiary/aromatic N) is 3. The molecule has 0 radical (unpaired) electrons. The maximum atomic E-state index is 12.5. The molecule has 1 saturated heterocycles. The predicted octanol–water partition coefficient (Wildman–Crippen LogP) is 2.45. The van der Waals surface area contributed by atoms with Crippen LogP contribution in [-0.2, 0) is 4.74 Å². The second-order valence-electron chi connectivity index (χ2n) is 6.19. The van der Waals surface area contributed by atoms with E-state index in [1.807, 2.05) is 43.3 Å². The Morgan fingerprint density at radius 2 is 1.62 bits per heavy atom. The average molecular weight is 333 g/mol. The largest absolute Gasteiger partial charge is 0.449 e. The van der Waals surface area contributed by atoms with Gasteiger partial charge in [0.15, 0.2) is 0 Å². The monoisotopic (exact) mass is 333 g/mol. The summed E-state index contributed by atoms with van der Waals surface area (Å²) in [7, 11) is 3.94. The van der Waals surface area contributed by atoms with Gasteiger partial charge in [-0.2, -0.15) is 0 Å². The van der Waals surface area contributed by atoms with Gasteiger partial charge in [0.2, 0.25) is 0 Å². The van der Waals surface area contributed by atoms with Crippen LogP contribution in [0.3, 0.4) is 0 Å². The van der Waals surface area contributed by atoms with Gasteiger partial charge in [-0.1, -0.05) is 13.3 Å². The second-order valence-corrected chi connectivity index (χ2v) is 6.19. The zero-order valence-electron chi connectivity index (χ0n) is 14.8. The molecule has 0 unspecified atom stereocenters. The summed E-state index contributed by atoms with van der Waals surface area (Å²) in [5.74, 6) is 0.0132. The SMILES string of the molecule is CCCCOC(=O)N1CCN(C(=O)c2ccc(N(C)C)cc2)CC1. The van der Waals surface area contributed by atoms with Gasteiger partial charge in [-0.05, 0) is 30.7 Å². The van der Waals surface area contributed by atoms with Gasteiger partial charge < -0.3 is 19.4 Å². The van der Waals surface area contributed by atoms with E-state index in [-0.39, 0.29) is 12.0 Å². The van der Waals surface area contributed by atoms with Gasteiger partial charge in [-0.3, -0.25) is 4.79 Å². The number of anilines is 1. The van der Waals surface area contributed by atoms with Crippen LogP contribution in [0.4, 0.5) is 10.5 Å². The molecule has 0 saturated carbocycles. The molecule has 1 aliphatic rings. The van der Waals surface area contributed by atoms with Crippen molar-refractivity contribution in [1.29, 1.82) is 0 Å². The third-order valence-corrected chi connectivity index (χ3v) is 4.18. The van der Waals surface area contributed by atoms with E-state index in [0.29, 0.717) is 38.3 Å². The molecule has 1 aromatic rings. The number of ether oxygens (including phenoxy) is 1. The highest BCUT2D eigenvalue weighted by molar-refractivity contribution is 5.94. The second kappa shape index (κ2) is 8.57. The predicted molar refractivity (Wildman–Crippen MR) is 94.5 cm³/mol. The van der Waals surface area contributed by atoms with E-state index in [4.69, 9.17) is 4.74 Å². The van der Waals surface area contributed by atoms with E-state index >= 15 is 0 Å². The van der Waals surface area contributed by atoms with E-state index in [1.54, 1.807) is 9.80 Å². The molecule has 0 N–H and O–H groups in total. The van der Waals surface area contributed by atoms with Crippen molar-refractivity contribution in [2.45, 2.75) is 19.8 Å². The number of hydrogen-bond acceptors (Lipinski definition) is 4. The number of unbranched alkanes of at least 4 members (excludes halogenated alkanes) is 1. The van der Waals surface area contributed by atoms with E-state index in [2.05, 4.69) is 6.92 Å². The lowest BCUT2D eigenvalue weighted by molar-refractivity contribution is 0.0557. The number of hydrogen-bond donors (Lipinski definition) is 0. The van der Waals surface area contributed by atoms with Crippen LogP contribution in [0.2, 0.25) is 0 Å². The lowest BCUT2D eigenvalue weighted by Crippen LogP contribution is -2.50. The summed E-state index contributed by atoms with van der Waals surface area (Å²) >= 11 is 0. The Labute approximate surface area is 144 Å². The van der Waals surface area contributed by atoms with Crippen molar-refractivity contribution in [3.63, 3.8) is 0 Å². The molecule has 0 aliphatic carbocycles. The number of rotatable bonds is 5. The lowest BCUT2D eigenvalue weighted by Gasteiger charge is -2.34. The summed E-state index contributed by atoms with van der Waals surface area (Å²) < 4.78 is 5.22. The zero-order chi connectivity index (χ0) is 17.5. The van der Waals surface area contributed by atoms with Crippen molar-refractivity contribution in [3.8, 4) is 0 Å². The lowest BCUT2D eigenvalue weighted by atomic mass is 10.1. The number of carbonyl (C=O) groups excluding carboxylic acids is 2. The van der Waals surface area contributed by atoms with Crippen LogP contribution in [0.1, 0.15) is 30.1 Å². The molecule has 6 nitrogen and oxygen atoms in total. The minimum Gasteiger partial charge on any atom is -0.449 e. The fourth-order valence-electron chi connectivity index (χ4n) is 2.57. The molecule has 24 heavy (non-hydrogen) atoms. The van der Waals surface area contributed by atoms with Gasteiger partial charge >= 0.3 is 6.09 Å². The molecule has 1 fully saturated rings. The van der Waals surface area contributed by atoms with Crippen molar-refractivity contribution in [1.82, 2.24) is 9.80 Å². The molecular formula is C18H27N3O3. The standard InChI is InChI=1S/C18H27N3O3/c1-4-5-14-24-18(23)21-12-10-20(11-13-21)17(22)15-6-8-16(9-7-15)19(2)3/h6-9H,4-5,10-14H2,1-3H3. The first-order chi connectivity index (χ1) is 11.5. The molecule has 0 atom stereocenters. The molecule has 1 aromatic carbocycles. The number of amides is 2. The quantitative estimate of drug-likeness (QED) is 0.777. The summed E-state index contributed by atoms with van der Waals surface area (Å²) in [4.78, 5) is 29.9. The van der Waals surface area contributed by atoms with Gasteiger partial charge in [0.25, 0.3) is 5.91 Å². The van der Waals surface area contributed by atoms with Crippen LogP contribution in [0.25, 0.3) is 0 Å². The Kier molecular flexibility index (Phi) is 6.46. The first-order valence-corrected chi connectivity index (χ1v) is 8.51. The van der Waals surface area contributed by atoms with Crippen LogP contribution in [0.5, 0.6) is 0 Å². The fourth-order valence-corrected chi connectivity index (χ4v) is 2.57. The molecular weight excluding hydrogens is 306 g/mol. The molecule has 132 valence electrons. The Bertz CT molecular complexity index is 549. The van der Waals surface area contributed by atoms with Gasteiger partial charge in [0, 0.05) is 51.5 Å². The molecule has 0 spiro atoms. The summed E-state index contributed by atoms with van der Waals surface area (Å²) in [5.41, 5.74) is 1.74. The molecule has 2 rings (SSSR count). The van der Waals surface area contributed by atoms with Crippen LogP contribution in [0.15, 0.2) is 24.3 Å². The normalized spacial score (nSPS) is 14.5. The minimum absolute atomic E-state index is 0.0132. The van der Waals surface area contributed by atoms with Gasteiger partial charge in [-0.25, -0.2) is 4.79 Å². The van der Waals surface area contributed by atoms with E-state index in [0.717, 1.165) is 18.5 Å². The number of carbonyl (C=O) groups is 2. The molecule has 1 aliphatic heterocycles.